The predicted octanol–water partition coefficient (Wildman–Crippen LogP) is 0.898. The Morgan fingerprint density at radius 3 is 2.61 bits per heavy atom. The van der Waals surface area contributed by atoms with Gasteiger partial charge in [0.1, 0.15) is 5.54 Å². The van der Waals surface area contributed by atoms with Crippen LogP contribution in [-0.4, -0.2) is 59.4 Å². The standard InChI is InChI=1S/C16H27N5O2/c1-12-4-9-20(10-5-12)14(17)18-8-11-21-13(22)16(19-15(21)23)6-2-3-7-16/h12H,2-11H2,1H3,(H2,17,18)(H,19,23). The minimum Gasteiger partial charge on any atom is -0.370 e. The molecule has 1 aliphatic carbocycles. The van der Waals surface area contributed by atoms with Gasteiger partial charge in [-0.3, -0.25) is 14.7 Å². The molecular formula is C16H27N5O2. The molecule has 7 nitrogen and oxygen atoms in total. The van der Waals surface area contributed by atoms with Gasteiger partial charge in [0.2, 0.25) is 0 Å². The van der Waals surface area contributed by atoms with Gasteiger partial charge < -0.3 is 16.0 Å². The summed E-state index contributed by atoms with van der Waals surface area (Å²) < 4.78 is 0. The second-order valence-corrected chi connectivity index (χ2v) is 7.09. The zero-order valence-electron chi connectivity index (χ0n) is 13.9. The van der Waals surface area contributed by atoms with E-state index in [9.17, 15) is 9.59 Å². The summed E-state index contributed by atoms with van der Waals surface area (Å²) in [5.41, 5.74) is 5.41. The molecule has 0 aromatic rings. The number of imide groups is 1. The predicted molar refractivity (Wildman–Crippen MR) is 87.9 cm³/mol. The normalized spacial score (nSPS) is 25.5. The second-order valence-electron chi connectivity index (χ2n) is 7.09. The molecule has 2 heterocycles. The molecule has 2 aliphatic heterocycles. The van der Waals surface area contributed by atoms with Gasteiger partial charge in [-0.15, -0.1) is 0 Å². The Hall–Kier alpha value is -1.79. The van der Waals surface area contributed by atoms with Crippen molar-refractivity contribution in [2.24, 2.45) is 16.6 Å². The van der Waals surface area contributed by atoms with Crippen LogP contribution in [0.3, 0.4) is 0 Å². The van der Waals surface area contributed by atoms with Crippen LogP contribution < -0.4 is 11.1 Å². The van der Waals surface area contributed by atoms with Crippen LogP contribution in [0.15, 0.2) is 4.99 Å². The largest absolute Gasteiger partial charge is 0.370 e. The number of guanidine groups is 1. The number of piperidine rings is 1. The molecule has 23 heavy (non-hydrogen) atoms. The van der Waals surface area contributed by atoms with Crippen LogP contribution in [0.5, 0.6) is 0 Å². The number of carbonyl (C=O) groups is 2. The van der Waals surface area contributed by atoms with E-state index in [1.807, 2.05) is 0 Å². The molecule has 0 radical (unpaired) electrons. The highest BCUT2D eigenvalue weighted by molar-refractivity contribution is 6.07. The minimum absolute atomic E-state index is 0.0828. The Morgan fingerprint density at radius 2 is 1.96 bits per heavy atom. The highest BCUT2D eigenvalue weighted by Gasteiger charge is 2.52. The third-order valence-corrected chi connectivity index (χ3v) is 5.41. The van der Waals surface area contributed by atoms with E-state index in [0.29, 0.717) is 19.0 Å². The van der Waals surface area contributed by atoms with Gasteiger partial charge in [-0.05, 0) is 31.6 Å². The van der Waals surface area contributed by atoms with Gasteiger partial charge in [0.05, 0.1) is 13.1 Å². The van der Waals surface area contributed by atoms with E-state index in [4.69, 9.17) is 5.73 Å². The fourth-order valence-electron chi connectivity index (χ4n) is 3.80. The molecule has 3 rings (SSSR count). The molecule has 3 N–H and O–H groups in total. The lowest BCUT2D eigenvalue weighted by Crippen LogP contribution is -2.44. The number of nitrogens with two attached hydrogens (primary N) is 1. The molecule has 3 amide bonds. The molecule has 2 saturated heterocycles. The lowest BCUT2D eigenvalue weighted by Gasteiger charge is -2.31. The van der Waals surface area contributed by atoms with Crippen molar-refractivity contribution in [1.29, 1.82) is 0 Å². The Morgan fingerprint density at radius 1 is 1.30 bits per heavy atom. The van der Waals surface area contributed by atoms with Gasteiger partial charge in [0.15, 0.2) is 5.96 Å². The van der Waals surface area contributed by atoms with Crippen molar-refractivity contribution < 1.29 is 9.59 Å². The summed E-state index contributed by atoms with van der Waals surface area (Å²) in [5, 5.41) is 2.88. The Bertz CT molecular complexity index is 505. The van der Waals surface area contributed by atoms with Gasteiger partial charge in [0, 0.05) is 13.1 Å². The van der Waals surface area contributed by atoms with Gasteiger partial charge in [-0.1, -0.05) is 19.8 Å². The smallest absolute Gasteiger partial charge is 0.325 e. The highest BCUT2D eigenvalue weighted by atomic mass is 16.2. The number of urea groups is 1. The number of hydrogen-bond donors (Lipinski definition) is 2. The number of nitrogens with zero attached hydrogens (tertiary/aromatic N) is 3. The first kappa shape index (κ1) is 16.1. The molecule has 0 atom stereocenters. The number of nitrogens with one attached hydrogen (secondary N) is 1. The van der Waals surface area contributed by atoms with E-state index in [1.54, 1.807) is 0 Å². The fraction of sp³-hybridized carbons (Fsp3) is 0.812. The maximum absolute atomic E-state index is 12.5. The summed E-state index contributed by atoms with van der Waals surface area (Å²) in [6, 6.07) is -0.280. The molecule has 0 aromatic carbocycles. The summed E-state index contributed by atoms with van der Waals surface area (Å²) in [6.07, 6.45) is 5.77. The van der Waals surface area contributed by atoms with Crippen molar-refractivity contribution in [2.45, 2.75) is 51.0 Å². The minimum atomic E-state index is -0.630. The average Bonchev–Trinajstić information content (AvgIpc) is 3.08. The van der Waals surface area contributed by atoms with Crippen LogP contribution in [0.2, 0.25) is 0 Å². The van der Waals surface area contributed by atoms with Crippen molar-refractivity contribution in [1.82, 2.24) is 15.1 Å². The summed E-state index contributed by atoms with van der Waals surface area (Å²) in [7, 11) is 0. The first-order valence-electron chi connectivity index (χ1n) is 8.71. The monoisotopic (exact) mass is 321 g/mol. The van der Waals surface area contributed by atoms with Gasteiger partial charge in [-0.25, -0.2) is 4.79 Å². The molecule has 128 valence electrons. The van der Waals surface area contributed by atoms with Crippen molar-refractivity contribution >= 4 is 17.9 Å². The summed E-state index contributed by atoms with van der Waals surface area (Å²) >= 11 is 0. The number of aliphatic imine (C=N–C) groups is 1. The SMILES string of the molecule is CC1CCN(C(N)=NCCN2C(=O)NC3(CCCC3)C2=O)CC1. The van der Waals surface area contributed by atoms with Crippen LogP contribution in [0.4, 0.5) is 4.79 Å². The summed E-state index contributed by atoms with van der Waals surface area (Å²) in [4.78, 5) is 32.3. The van der Waals surface area contributed by atoms with Crippen molar-refractivity contribution in [2.75, 3.05) is 26.2 Å². The van der Waals surface area contributed by atoms with Gasteiger partial charge in [0.25, 0.3) is 5.91 Å². The van der Waals surface area contributed by atoms with Crippen molar-refractivity contribution in [3.8, 4) is 0 Å². The van der Waals surface area contributed by atoms with Crippen LogP contribution in [-0.2, 0) is 4.79 Å². The molecule has 0 aromatic heterocycles. The first-order valence-corrected chi connectivity index (χ1v) is 8.71. The molecule has 1 spiro atoms. The summed E-state index contributed by atoms with van der Waals surface area (Å²) in [6.45, 7) is 4.79. The number of rotatable bonds is 3. The zero-order chi connectivity index (χ0) is 16.4. The lowest BCUT2D eigenvalue weighted by molar-refractivity contribution is -0.131. The number of hydrogen-bond acceptors (Lipinski definition) is 3. The van der Waals surface area contributed by atoms with E-state index in [1.165, 1.54) is 4.90 Å². The molecule has 0 unspecified atom stereocenters. The van der Waals surface area contributed by atoms with Crippen LogP contribution in [0.25, 0.3) is 0 Å². The average molecular weight is 321 g/mol. The van der Waals surface area contributed by atoms with E-state index >= 15 is 0 Å². The maximum atomic E-state index is 12.5. The molecular weight excluding hydrogens is 294 g/mol. The number of likely N-dealkylation sites (tertiary alicyclic amines) is 1. The van der Waals surface area contributed by atoms with Crippen LogP contribution >= 0.6 is 0 Å². The molecule has 1 saturated carbocycles. The zero-order valence-corrected chi connectivity index (χ0v) is 13.9. The van der Waals surface area contributed by atoms with E-state index < -0.39 is 5.54 Å². The molecule has 7 heteroatoms. The number of amides is 3. The van der Waals surface area contributed by atoms with Crippen molar-refractivity contribution in [3.05, 3.63) is 0 Å². The third-order valence-electron chi connectivity index (χ3n) is 5.41. The van der Waals surface area contributed by atoms with E-state index in [-0.39, 0.29) is 11.9 Å². The highest BCUT2D eigenvalue weighted by Crippen LogP contribution is 2.34. The van der Waals surface area contributed by atoms with Crippen LogP contribution in [0, 0.1) is 5.92 Å². The van der Waals surface area contributed by atoms with Crippen LogP contribution in [0.1, 0.15) is 45.4 Å². The Labute approximate surface area is 137 Å². The fourth-order valence-corrected chi connectivity index (χ4v) is 3.80. The third kappa shape index (κ3) is 3.14. The van der Waals surface area contributed by atoms with Gasteiger partial charge in [-0.2, -0.15) is 0 Å². The second kappa shape index (κ2) is 6.37. The van der Waals surface area contributed by atoms with E-state index in [0.717, 1.165) is 57.5 Å². The summed E-state index contributed by atoms with van der Waals surface area (Å²) in [5.74, 6) is 1.19. The van der Waals surface area contributed by atoms with E-state index in [2.05, 4.69) is 22.1 Å². The quantitative estimate of drug-likeness (QED) is 0.459. The Kier molecular flexibility index (Phi) is 4.46. The lowest BCUT2D eigenvalue weighted by atomic mass is 9.98. The maximum Gasteiger partial charge on any atom is 0.325 e. The van der Waals surface area contributed by atoms with Crippen molar-refractivity contribution in [3.63, 3.8) is 0 Å². The molecule has 3 fully saturated rings. The Balaban J connectivity index is 1.53. The molecule has 3 aliphatic rings. The number of carbonyl (C=O) groups excluding carboxylic acids is 2. The topological polar surface area (TPSA) is 91.0 Å². The first-order chi connectivity index (χ1) is 11.0. The van der Waals surface area contributed by atoms with Gasteiger partial charge >= 0.3 is 6.03 Å². The molecule has 0 bridgehead atoms.